The first-order chi connectivity index (χ1) is 11.5. The molecule has 0 aromatic heterocycles. The Morgan fingerprint density at radius 1 is 1.29 bits per heavy atom. The van der Waals surface area contributed by atoms with Crippen LogP contribution in [0.2, 0.25) is 0 Å². The van der Waals surface area contributed by atoms with Gasteiger partial charge in [0.15, 0.2) is 6.29 Å². The van der Waals surface area contributed by atoms with E-state index in [9.17, 15) is 9.90 Å². The minimum Gasteiger partial charge on any atom is -0.478 e. The van der Waals surface area contributed by atoms with Gasteiger partial charge in [-0.05, 0) is 56.2 Å². The lowest BCUT2D eigenvalue weighted by molar-refractivity contribution is -0.100. The fraction of sp³-hybridized carbons (Fsp3) is 0.611. The third-order valence-electron chi connectivity index (χ3n) is 4.67. The highest BCUT2D eigenvalue weighted by molar-refractivity contribution is 5.87. The van der Waals surface area contributed by atoms with Crippen molar-refractivity contribution in [3.63, 3.8) is 0 Å². The van der Waals surface area contributed by atoms with E-state index >= 15 is 0 Å². The molecule has 1 aromatic rings. The average Bonchev–Trinajstić information content (AvgIpc) is 2.59. The zero-order valence-electron chi connectivity index (χ0n) is 14.7. The summed E-state index contributed by atoms with van der Waals surface area (Å²) in [7, 11) is 5.33. The van der Waals surface area contributed by atoms with Crippen LogP contribution < -0.4 is 5.32 Å². The molecule has 1 aliphatic rings. The highest BCUT2D eigenvalue weighted by Gasteiger charge is 2.18. The molecule has 1 aromatic carbocycles. The van der Waals surface area contributed by atoms with Gasteiger partial charge in [-0.25, -0.2) is 4.79 Å². The van der Waals surface area contributed by atoms with Crippen molar-refractivity contribution in [2.75, 3.05) is 34.4 Å². The highest BCUT2D eigenvalue weighted by atomic mass is 16.7. The number of piperidine rings is 1. The molecular formula is C18H28N2O4. The number of likely N-dealkylation sites (tertiary alicyclic amines) is 1. The summed E-state index contributed by atoms with van der Waals surface area (Å²) in [6.45, 7) is 2.94. The van der Waals surface area contributed by atoms with E-state index in [2.05, 4.69) is 17.3 Å². The summed E-state index contributed by atoms with van der Waals surface area (Å²) in [6.07, 6.45) is 2.42. The van der Waals surface area contributed by atoms with Gasteiger partial charge in [0.05, 0.1) is 5.56 Å². The molecule has 0 saturated carbocycles. The molecule has 6 heteroatoms. The van der Waals surface area contributed by atoms with E-state index in [0.717, 1.165) is 43.6 Å². The van der Waals surface area contributed by atoms with Gasteiger partial charge < -0.3 is 24.8 Å². The van der Waals surface area contributed by atoms with E-state index in [-0.39, 0.29) is 6.29 Å². The second kappa shape index (κ2) is 9.13. The topological polar surface area (TPSA) is 71.0 Å². The molecule has 2 rings (SSSR count). The van der Waals surface area contributed by atoms with Crippen LogP contribution in [0.25, 0.3) is 0 Å². The van der Waals surface area contributed by atoms with E-state index in [1.807, 2.05) is 6.07 Å². The van der Waals surface area contributed by atoms with Crippen LogP contribution in [0.5, 0.6) is 0 Å². The molecule has 0 aliphatic carbocycles. The number of carboxylic acids is 1. The molecule has 0 amide bonds. The number of methoxy groups -OCH3 is 2. The third kappa shape index (κ3) is 5.27. The number of rotatable bonds is 8. The van der Waals surface area contributed by atoms with Crippen LogP contribution in [0.3, 0.4) is 0 Å². The fourth-order valence-corrected chi connectivity index (χ4v) is 3.03. The predicted octanol–water partition coefficient (Wildman–Crippen LogP) is 1.73. The van der Waals surface area contributed by atoms with Crippen LogP contribution in [0, 0.1) is 0 Å². The minimum absolute atomic E-state index is 0.291. The van der Waals surface area contributed by atoms with E-state index < -0.39 is 5.97 Å². The molecule has 1 aliphatic heterocycles. The van der Waals surface area contributed by atoms with Gasteiger partial charge in [0.25, 0.3) is 0 Å². The molecule has 0 unspecified atom stereocenters. The Morgan fingerprint density at radius 2 is 1.96 bits per heavy atom. The lowest BCUT2D eigenvalue weighted by atomic mass is 9.99. The molecule has 0 spiro atoms. The summed E-state index contributed by atoms with van der Waals surface area (Å²) in [5.74, 6) is -0.919. The lowest BCUT2D eigenvalue weighted by Crippen LogP contribution is -2.40. The molecule has 0 radical (unpaired) electrons. The van der Waals surface area contributed by atoms with Crippen molar-refractivity contribution in [1.82, 2.24) is 10.2 Å². The van der Waals surface area contributed by atoms with Gasteiger partial charge >= 0.3 is 5.97 Å². The molecule has 6 nitrogen and oxygen atoms in total. The predicted molar refractivity (Wildman–Crippen MR) is 92.3 cm³/mol. The number of carboxylic acid groups (broad SMARTS) is 1. The van der Waals surface area contributed by atoms with Crippen molar-refractivity contribution in [1.29, 1.82) is 0 Å². The first-order valence-electron chi connectivity index (χ1n) is 8.36. The SMILES string of the molecule is COC(Cc1cc(C(=O)O)ccc1CNC1CCN(C)CC1)OC. The minimum atomic E-state index is -0.919. The van der Waals surface area contributed by atoms with Crippen molar-refractivity contribution < 1.29 is 19.4 Å². The maximum atomic E-state index is 11.2. The largest absolute Gasteiger partial charge is 0.478 e. The van der Waals surface area contributed by atoms with Gasteiger partial charge in [-0.3, -0.25) is 0 Å². The van der Waals surface area contributed by atoms with Crippen LogP contribution in [0.15, 0.2) is 18.2 Å². The smallest absolute Gasteiger partial charge is 0.335 e. The number of carbonyl (C=O) groups is 1. The monoisotopic (exact) mass is 336 g/mol. The maximum absolute atomic E-state index is 11.2. The molecule has 134 valence electrons. The van der Waals surface area contributed by atoms with Crippen molar-refractivity contribution >= 4 is 5.97 Å². The van der Waals surface area contributed by atoms with Crippen LogP contribution in [0.1, 0.15) is 34.3 Å². The Kier molecular flexibility index (Phi) is 7.17. The van der Waals surface area contributed by atoms with Crippen molar-refractivity contribution in [3.05, 3.63) is 34.9 Å². The third-order valence-corrected chi connectivity index (χ3v) is 4.67. The summed E-state index contributed by atoms with van der Waals surface area (Å²) >= 11 is 0. The number of nitrogens with zero attached hydrogens (tertiary/aromatic N) is 1. The van der Waals surface area contributed by atoms with Crippen molar-refractivity contribution in [2.24, 2.45) is 0 Å². The van der Waals surface area contributed by atoms with Gasteiger partial charge in [0, 0.05) is 33.2 Å². The van der Waals surface area contributed by atoms with Gasteiger partial charge in [-0.2, -0.15) is 0 Å². The van der Waals surface area contributed by atoms with Gasteiger partial charge in [0.1, 0.15) is 0 Å². The van der Waals surface area contributed by atoms with Gasteiger partial charge in [0.2, 0.25) is 0 Å². The maximum Gasteiger partial charge on any atom is 0.335 e. The normalized spacial score (nSPS) is 16.7. The molecule has 1 fully saturated rings. The van der Waals surface area contributed by atoms with Crippen molar-refractivity contribution in [3.8, 4) is 0 Å². The Bertz CT molecular complexity index is 538. The first-order valence-corrected chi connectivity index (χ1v) is 8.36. The zero-order valence-corrected chi connectivity index (χ0v) is 14.7. The Morgan fingerprint density at radius 3 is 2.54 bits per heavy atom. The number of hydrogen-bond acceptors (Lipinski definition) is 5. The van der Waals surface area contributed by atoms with Gasteiger partial charge in [-0.15, -0.1) is 0 Å². The van der Waals surface area contributed by atoms with E-state index in [0.29, 0.717) is 18.0 Å². The summed E-state index contributed by atoms with van der Waals surface area (Å²) in [4.78, 5) is 13.6. The molecular weight excluding hydrogens is 308 g/mol. The summed E-state index contributed by atoms with van der Waals surface area (Å²) in [5.41, 5.74) is 2.33. The Balaban J connectivity index is 2.07. The Labute approximate surface area is 143 Å². The van der Waals surface area contributed by atoms with E-state index in [1.54, 1.807) is 26.4 Å². The lowest BCUT2D eigenvalue weighted by Gasteiger charge is -2.30. The highest BCUT2D eigenvalue weighted by Crippen LogP contribution is 2.17. The average molecular weight is 336 g/mol. The zero-order chi connectivity index (χ0) is 17.5. The second-order valence-corrected chi connectivity index (χ2v) is 6.35. The van der Waals surface area contributed by atoms with E-state index in [1.165, 1.54) is 0 Å². The van der Waals surface area contributed by atoms with Crippen LogP contribution in [-0.4, -0.2) is 62.7 Å². The Hall–Kier alpha value is -1.47. The quantitative estimate of drug-likeness (QED) is 0.705. The summed E-state index contributed by atoms with van der Waals surface area (Å²) < 4.78 is 10.5. The van der Waals surface area contributed by atoms with Gasteiger partial charge in [-0.1, -0.05) is 6.07 Å². The number of hydrogen-bond donors (Lipinski definition) is 2. The van der Waals surface area contributed by atoms with E-state index in [4.69, 9.17) is 9.47 Å². The van der Waals surface area contributed by atoms with Crippen LogP contribution in [0.4, 0.5) is 0 Å². The first kappa shape index (κ1) is 18.9. The standard InChI is InChI=1S/C18H28N2O4/c1-20-8-6-16(7-9-20)19-12-14-5-4-13(18(21)22)10-15(14)11-17(23-2)24-3/h4-5,10,16-17,19H,6-9,11-12H2,1-3H3,(H,21,22). The number of nitrogens with one attached hydrogen (secondary N) is 1. The second-order valence-electron chi connectivity index (χ2n) is 6.35. The number of benzene rings is 1. The number of aromatic carboxylic acids is 1. The van der Waals surface area contributed by atoms with Crippen molar-refractivity contribution in [2.45, 2.75) is 38.1 Å². The molecule has 24 heavy (non-hydrogen) atoms. The number of ether oxygens (including phenoxy) is 2. The summed E-state index contributed by atoms with van der Waals surface area (Å²) in [6, 6.07) is 5.78. The molecule has 1 heterocycles. The molecule has 2 N–H and O–H groups in total. The van der Waals surface area contributed by atoms with Crippen LogP contribution >= 0.6 is 0 Å². The molecule has 0 bridgehead atoms. The van der Waals surface area contributed by atoms with Crippen LogP contribution in [-0.2, 0) is 22.4 Å². The molecule has 0 atom stereocenters. The fourth-order valence-electron chi connectivity index (χ4n) is 3.03. The molecule has 1 saturated heterocycles. The summed E-state index contributed by atoms with van der Waals surface area (Å²) in [5, 5.41) is 12.8.